The van der Waals surface area contributed by atoms with Gasteiger partial charge in [0.15, 0.2) is 0 Å². The van der Waals surface area contributed by atoms with E-state index in [0.29, 0.717) is 43.6 Å². The molecule has 0 aromatic heterocycles. The highest BCUT2D eigenvalue weighted by atomic mass is 35.5. The maximum absolute atomic E-state index is 12.7. The van der Waals surface area contributed by atoms with E-state index in [1.165, 1.54) is 0 Å². The van der Waals surface area contributed by atoms with Crippen LogP contribution in [0.25, 0.3) is 6.08 Å². The largest absolute Gasteiger partial charge is 0.492 e. The second kappa shape index (κ2) is 11.2. The zero-order valence-corrected chi connectivity index (χ0v) is 20.8. The summed E-state index contributed by atoms with van der Waals surface area (Å²) in [6.45, 7) is 0.661. The molecule has 0 bridgehead atoms. The second-order valence-corrected chi connectivity index (χ2v) is 9.51. The van der Waals surface area contributed by atoms with Crippen LogP contribution in [-0.4, -0.2) is 29.2 Å². The SMILES string of the molecule is O=C1S/C(=C\c2ccc(OCc3ccc(Cl)cc3)c(Cl)c2)C(=O)N1CCOc1ccc(Cl)cc1. The average molecular weight is 535 g/mol. The van der Waals surface area contributed by atoms with E-state index in [9.17, 15) is 9.59 Å². The van der Waals surface area contributed by atoms with E-state index < -0.39 is 0 Å². The van der Waals surface area contributed by atoms with E-state index in [1.54, 1.807) is 60.7 Å². The number of imide groups is 1. The van der Waals surface area contributed by atoms with E-state index in [0.717, 1.165) is 22.2 Å². The topological polar surface area (TPSA) is 55.8 Å². The molecule has 0 radical (unpaired) electrons. The van der Waals surface area contributed by atoms with Gasteiger partial charge in [0.05, 0.1) is 16.5 Å². The lowest BCUT2D eigenvalue weighted by Gasteiger charge is -2.13. The molecule has 0 atom stereocenters. The first-order valence-corrected chi connectivity index (χ1v) is 12.1. The predicted octanol–water partition coefficient (Wildman–Crippen LogP) is 7.34. The molecule has 174 valence electrons. The number of benzene rings is 3. The van der Waals surface area contributed by atoms with Crippen molar-refractivity contribution < 1.29 is 19.1 Å². The first-order chi connectivity index (χ1) is 16.4. The van der Waals surface area contributed by atoms with Gasteiger partial charge < -0.3 is 9.47 Å². The molecule has 3 aromatic carbocycles. The average Bonchev–Trinajstić information content (AvgIpc) is 3.08. The van der Waals surface area contributed by atoms with Crippen LogP contribution in [0.4, 0.5) is 4.79 Å². The van der Waals surface area contributed by atoms with Gasteiger partial charge in [-0.1, -0.05) is 53.0 Å². The van der Waals surface area contributed by atoms with Crippen LogP contribution in [0.1, 0.15) is 11.1 Å². The monoisotopic (exact) mass is 533 g/mol. The maximum atomic E-state index is 12.7. The summed E-state index contributed by atoms with van der Waals surface area (Å²) in [6.07, 6.45) is 1.64. The van der Waals surface area contributed by atoms with Crippen molar-refractivity contribution in [2.45, 2.75) is 6.61 Å². The quantitative estimate of drug-likeness (QED) is 0.283. The molecule has 0 saturated carbocycles. The highest BCUT2D eigenvalue weighted by Crippen LogP contribution is 2.34. The molecule has 2 amide bonds. The third-order valence-corrected chi connectivity index (χ3v) is 6.54. The number of nitrogens with zero attached hydrogens (tertiary/aromatic N) is 1. The van der Waals surface area contributed by atoms with Crippen molar-refractivity contribution in [3.63, 3.8) is 0 Å². The van der Waals surface area contributed by atoms with Crippen LogP contribution in [-0.2, 0) is 11.4 Å². The lowest BCUT2D eigenvalue weighted by molar-refractivity contribution is -0.123. The van der Waals surface area contributed by atoms with Crippen LogP contribution >= 0.6 is 46.6 Å². The molecule has 0 spiro atoms. The number of ether oxygens (including phenoxy) is 2. The summed E-state index contributed by atoms with van der Waals surface area (Å²) in [7, 11) is 0. The Kier molecular flexibility index (Phi) is 8.06. The number of halogens is 3. The normalized spacial score (nSPS) is 14.7. The minimum atomic E-state index is -0.367. The van der Waals surface area contributed by atoms with Crippen molar-refractivity contribution in [3.8, 4) is 11.5 Å². The Bertz CT molecular complexity index is 1230. The maximum Gasteiger partial charge on any atom is 0.293 e. The first-order valence-electron chi connectivity index (χ1n) is 10.2. The van der Waals surface area contributed by atoms with Crippen LogP contribution < -0.4 is 9.47 Å². The fourth-order valence-electron chi connectivity index (χ4n) is 3.10. The number of rotatable bonds is 8. The molecule has 1 saturated heterocycles. The Balaban J connectivity index is 1.35. The van der Waals surface area contributed by atoms with E-state index in [4.69, 9.17) is 44.3 Å². The molecule has 4 rings (SSSR count). The standard InChI is InChI=1S/C25H18Cl3NO4S/c26-18-4-1-16(2-5-18)15-33-22-10-3-17(13-21(22)28)14-23-24(30)29(25(31)34-23)11-12-32-20-8-6-19(27)7-9-20/h1-10,13-14H,11-12,15H2/b23-14-. The summed E-state index contributed by atoms with van der Waals surface area (Å²) < 4.78 is 11.4. The fourth-order valence-corrected chi connectivity index (χ4v) is 4.46. The molecule has 0 unspecified atom stereocenters. The van der Waals surface area contributed by atoms with Crippen LogP contribution in [0.2, 0.25) is 15.1 Å². The fraction of sp³-hybridized carbons (Fsp3) is 0.120. The Morgan fingerprint density at radius 2 is 1.53 bits per heavy atom. The number of carbonyl (C=O) groups excluding carboxylic acids is 2. The van der Waals surface area contributed by atoms with Gasteiger partial charge in [-0.2, -0.15) is 0 Å². The van der Waals surface area contributed by atoms with Gasteiger partial charge in [0.25, 0.3) is 11.1 Å². The number of amides is 2. The van der Waals surface area contributed by atoms with Crippen LogP contribution in [0, 0.1) is 0 Å². The second-order valence-electron chi connectivity index (χ2n) is 7.24. The van der Waals surface area contributed by atoms with Crippen molar-refractivity contribution >= 4 is 63.8 Å². The Morgan fingerprint density at radius 1 is 0.853 bits per heavy atom. The molecule has 1 aliphatic rings. The van der Waals surface area contributed by atoms with Gasteiger partial charge in [0.2, 0.25) is 0 Å². The number of carbonyl (C=O) groups is 2. The van der Waals surface area contributed by atoms with Crippen LogP contribution in [0.5, 0.6) is 11.5 Å². The van der Waals surface area contributed by atoms with Gasteiger partial charge in [-0.05, 0) is 77.5 Å². The van der Waals surface area contributed by atoms with Gasteiger partial charge in [-0.3, -0.25) is 14.5 Å². The van der Waals surface area contributed by atoms with E-state index in [1.807, 2.05) is 12.1 Å². The lowest BCUT2D eigenvalue weighted by atomic mass is 10.2. The number of hydrogen-bond donors (Lipinski definition) is 0. The summed E-state index contributed by atoms with van der Waals surface area (Å²) in [6, 6.07) is 19.4. The summed E-state index contributed by atoms with van der Waals surface area (Å²) in [5, 5.41) is 1.32. The number of hydrogen-bond acceptors (Lipinski definition) is 5. The molecule has 1 fully saturated rings. The summed E-state index contributed by atoms with van der Waals surface area (Å²) in [5.74, 6) is 0.759. The van der Waals surface area contributed by atoms with E-state index >= 15 is 0 Å². The van der Waals surface area contributed by atoms with Crippen molar-refractivity contribution in [3.05, 3.63) is 97.8 Å². The summed E-state index contributed by atoms with van der Waals surface area (Å²) >= 11 is 19.0. The van der Waals surface area contributed by atoms with Crippen molar-refractivity contribution in [1.29, 1.82) is 0 Å². The van der Waals surface area contributed by atoms with Gasteiger partial charge in [-0.25, -0.2) is 0 Å². The zero-order valence-electron chi connectivity index (χ0n) is 17.7. The minimum Gasteiger partial charge on any atom is -0.492 e. The Labute approximate surface area is 216 Å². The van der Waals surface area contributed by atoms with Crippen LogP contribution in [0.3, 0.4) is 0 Å². The third-order valence-electron chi connectivity index (χ3n) is 4.83. The molecule has 1 aliphatic heterocycles. The molecular weight excluding hydrogens is 517 g/mol. The summed E-state index contributed by atoms with van der Waals surface area (Å²) in [4.78, 5) is 26.5. The zero-order chi connectivity index (χ0) is 24.1. The highest BCUT2D eigenvalue weighted by molar-refractivity contribution is 8.18. The van der Waals surface area contributed by atoms with E-state index in [2.05, 4.69) is 0 Å². The third kappa shape index (κ3) is 6.27. The smallest absolute Gasteiger partial charge is 0.293 e. The Hall–Kier alpha value is -2.64. The molecule has 1 heterocycles. The van der Waals surface area contributed by atoms with Crippen molar-refractivity contribution in [2.75, 3.05) is 13.2 Å². The molecule has 5 nitrogen and oxygen atoms in total. The number of thioether (sulfide) groups is 1. The van der Waals surface area contributed by atoms with Crippen LogP contribution in [0.15, 0.2) is 71.6 Å². The molecule has 0 N–H and O–H groups in total. The van der Waals surface area contributed by atoms with Gasteiger partial charge in [0.1, 0.15) is 24.7 Å². The van der Waals surface area contributed by atoms with Crippen molar-refractivity contribution in [2.24, 2.45) is 0 Å². The summed E-state index contributed by atoms with van der Waals surface area (Å²) in [5.41, 5.74) is 1.64. The van der Waals surface area contributed by atoms with E-state index in [-0.39, 0.29) is 24.3 Å². The molecule has 34 heavy (non-hydrogen) atoms. The van der Waals surface area contributed by atoms with Gasteiger partial charge in [-0.15, -0.1) is 0 Å². The Morgan fingerprint density at radius 3 is 2.21 bits per heavy atom. The van der Waals surface area contributed by atoms with Gasteiger partial charge in [0, 0.05) is 10.0 Å². The molecular formula is C25H18Cl3NO4S. The minimum absolute atomic E-state index is 0.142. The molecule has 0 aliphatic carbocycles. The lowest BCUT2D eigenvalue weighted by Crippen LogP contribution is -2.32. The molecule has 3 aromatic rings. The first kappa shape index (κ1) is 24.5. The molecule has 9 heteroatoms. The van der Waals surface area contributed by atoms with Gasteiger partial charge >= 0.3 is 0 Å². The predicted molar refractivity (Wildman–Crippen MR) is 137 cm³/mol. The van der Waals surface area contributed by atoms with Crippen molar-refractivity contribution in [1.82, 2.24) is 4.90 Å². The highest BCUT2D eigenvalue weighted by Gasteiger charge is 2.34.